The van der Waals surface area contributed by atoms with Crippen molar-refractivity contribution in [2.75, 3.05) is 41.4 Å². The van der Waals surface area contributed by atoms with Gasteiger partial charge >= 0.3 is 18.2 Å². The minimum Gasteiger partial charge on any atom is -0.463 e. The fourth-order valence-electron chi connectivity index (χ4n) is 5.09. The highest BCUT2D eigenvalue weighted by Crippen LogP contribution is 2.42. The zero-order chi connectivity index (χ0) is 30.1. The van der Waals surface area contributed by atoms with Gasteiger partial charge in [-0.05, 0) is 50.5 Å². The minimum absolute atomic E-state index is 0. The highest BCUT2D eigenvalue weighted by atomic mass is 19.4. The molecule has 0 spiro atoms. The number of fused-ring (bicyclic) bond motifs is 4. The number of hydrogen-bond acceptors (Lipinski definition) is 8. The van der Waals surface area contributed by atoms with E-state index in [4.69, 9.17) is 14.5 Å². The van der Waals surface area contributed by atoms with Gasteiger partial charge in [-0.3, -0.25) is 4.90 Å². The summed E-state index contributed by atoms with van der Waals surface area (Å²) in [6.45, 7) is 6.98. The molecule has 4 heterocycles. The number of anilines is 3. The Morgan fingerprint density at radius 3 is 2.58 bits per heavy atom. The van der Waals surface area contributed by atoms with Crippen molar-refractivity contribution in [3.05, 3.63) is 53.9 Å². The summed E-state index contributed by atoms with van der Waals surface area (Å²) >= 11 is 0. The maximum absolute atomic E-state index is 13.6. The number of aliphatic hydroxyl groups is 1. The zero-order valence-corrected chi connectivity index (χ0v) is 23.6. The van der Waals surface area contributed by atoms with Gasteiger partial charge in [0.25, 0.3) is 0 Å². The van der Waals surface area contributed by atoms with Crippen LogP contribution in [0.2, 0.25) is 0 Å². The third-order valence-corrected chi connectivity index (χ3v) is 7.08. The van der Waals surface area contributed by atoms with Gasteiger partial charge in [0.1, 0.15) is 0 Å². The summed E-state index contributed by atoms with van der Waals surface area (Å²) in [5.74, 6) is -0.810. The SMILES string of the molecule is C.CCc1cc2c(nc1-c1cccc(C(F)(F)F)c1)N(C(=O)Nc1cnc(OCCCOC(C)(C)O)nc1)C1CCN2C1. The second-order valence-corrected chi connectivity index (χ2v) is 10.7. The number of carbonyl (C=O) groups excluding carboxylic acids is 1. The van der Waals surface area contributed by atoms with Crippen molar-refractivity contribution in [1.29, 1.82) is 0 Å². The summed E-state index contributed by atoms with van der Waals surface area (Å²) in [5.41, 5.74) is 1.93. The van der Waals surface area contributed by atoms with Crippen LogP contribution in [0, 0.1) is 0 Å². The van der Waals surface area contributed by atoms with E-state index in [0.29, 0.717) is 48.8 Å². The quantitative estimate of drug-likeness (QED) is 0.230. The van der Waals surface area contributed by atoms with Gasteiger partial charge in [-0.1, -0.05) is 26.5 Å². The Hall–Kier alpha value is -3.97. The number of rotatable bonds is 9. The number of amides is 2. The van der Waals surface area contributed by atoms with Gasteiger partial charge < -0.3 is 24.8 Å². The third-order valence-electron chi connectivity index (χ3n) is 7.08. The van der Waals surface area contributed by atoms with Crippen LogP contribution >= 0.6 is 0 Å². The number of carbonyl (C=O) groups is 1. The summed E-state index contributed by atoms with van der Waals surface area (Å²) < 4.78 is 51.1. The van der Waals surface area contributed by atoms with Crippen molar-refractivity contribution in [2.24, 2.45) is 0 Å². The fourth-order valence-corrected chi connectivity index (χ4v) is 5.09. The molecule has 0 aliphatic carbocycles. The van der Waals surface area contributed by atoms with Crippen molar-refractivity contribution in [1.82, 2.24) is 15.0 Å². The maximum atomic E-state index is 13.6. The largest absolute Gasteiger partial charge is 0.463 e. The van der Waals surface area contributed by atoms with Crippen molar-refractivity contribution >= 4 is 23.2 Å². The highest BCUT2D eigenvalue weighted by molar-refractivity contribution is 6.04. The normalized spacial score (nSPS) is 16.0. The maximum Gasteiger partial charge on any atom is 0.416 e. The molecule has 0 radical (unpaired) electrons. The fraction of sp³-hybridized carbons (Fsp3) is 0.467. The molecule has 1 atom stereocenters. The molecule has 2 bridgehead atoms. The summed E-state index contributed by atoms with van der Waals surface area (Å²) in [7, 11) is 0. The Morgan fingerprint density at radius 2 is 1.91 bits per heavy atom. The van der Waals surface area contributed by atoms with E-state index in [1.54, 1.807) is 24.8 Å². The molecule has 13 heteroatoms. The van der Waals surface area contributed by atoms with Crippen LogP contribution in [-0.2, 0) is 17.3 Å². The van der Waals surface area contributed by atoms with Crippen LogP contribution < -0.4 is 19.9 Å². The van der Waals surface area contributed by atoms with E-state index in [1.165, 1.54) is 18.5 Å². The van der Waals surface area contributed by atoms with Gasteiger partial charge in [-0.25, -0.2) is 19.7 Å². The van der Waals surface area contributed by atoms with E-state index in [0.717, 1.165) is 36.3 Å². The van der Waals surface area contributed by atoms with E-state index < -0.39 is 23.6 Å². The number of aryl methyl sites for hydroxylation is 1. The number of nitrogens with zero attached hydrogens (tertiary/aromatic N) is 5. The van der Waals surface area contributed by atoms with Crippen LogP contribution in [0.15, 0.2) is 42.7 Å². The molecule has 2 aliphatic heterocycles. The van der Waals surface area contributed by atoms with Gasteiger partial charge in [-0.15, -0.1) is 0 Å². The number of nitrogens with one attached hydrogen (secondary N) is 1. The smallest absolute Gasteiger partial charge is 0.416 e. The van der Waals surface area contributed by atoms with Crippen molar-refractivity contribution in [3.8, 4) is 17.3 Å². The Bertz CT molecular complexity index is 1430. The molecule has 2 aromatic heterocycles. The second-order valence-electron chi connectivity index (χ2n) is 10.7. The molecule has 2 N–H and O–H groups in total. The Labute approximate surface area is 248 Å². The molecular formula is C30H37F3N6O4. The summed E-state index contributed by atoms with van der Waals surface area (Å²) in [4.78, 5) is 30.5. The molecule has 1 fully saturated rings. The average Bonchev–Trinajstić information content (AvgIpc) is 3.36. The van der Waals surface area contributed by atoms with Gasteiger partial charge in [0.2, 0.25) is 0 Å². The number of pyridine rings is 1. The number of hydrogen-bond donors (Lipinski definition) is 2. The van der Waals surface area contributed by atoms with Crippen LogP contribution in [0.3, 0.4) is 0 Å². The van der Waals surface area contributed by atoms with Gasteiger partial charge in [0.15, 0.2) is 11.6 Å². The molecule has 3 aromatic rings. The lowest BCUT2D eigenvalue weighted by molar-refractivity contribution is -0.177. The van der Waals surface area contributed by atoms with E-state index in [-0.39, 0.29) is 26.1 Å². The predicted octanol–water partition coefficient (Wildman–Crippen LogP) is 5.90. The topological polar surface area (TPSA) is 113 Å². The lowest BCUT2D eigenvalue weighted by atomic mass is 10.00. The minimum atomic E-state index is -4.48. The van der Waals surface area contributed by atoms with Crippen molar-refractivity contribution < 1.29 is 32.5 Å². The summed E-state index contributed by atoms with van der Waals surface area (Å²) in [6, 6.07) is 6.57. The van der Waals surface area contributed by atoms with E-state index >= 15 is 0 Å². The molecule has 1 saturated heterocycles. The van der Waals surface area contributed by atoms with Gasteiger partial charge in [-0.2, -0.15) is 13.2 Å². The van der Waals surface area contributed by atoms with Gasteiger partial charge in [0, 0.05) is 25.1 Å². The Morgan fingerprint density at radius 1 is 1.16 bits per heavy atom. The standard InChI is InChI=1S/C29H33F3N6O4.CH4/c1-4-18-14-23-25(36-24(18)19-7-5-8-20(13-19)29(30,31)32)38(22-9-10-37(23)17-22)27(39)35-21-15-33-26(34-16-21)41-11-6-12-42-28(2,3)40;/h5,7-8,13-16,22,40H,4,6,9-12,17H2,1-3H3,(H,35,39);1H4. The second kappa shape index (κ2) is 12.7. The highest BCUT2D eigenvalue weighted by Gasteiger charge is 2.41. The molecule has 1 unspecified atom stereocenters. The van der Waals surface area contributed by atoms with Crippen LogP contribution in [0.25, 0.3) is 11.3 Å². The Balaban J connectivity index is 0.00000423. The number of ether oxygens (including phenoxy) is 2. The Kier molecular flexibility index (Phi) is 9.45. The number of halogens is 3. The average molecular weight is 603 g/mol. The van der Waals surface area contributed by atoms with Crippen LogP contribution in [-0.4, -0.2) is 64.2 Å². The molecule has 5 rings (SSSR count). The first-order chi connectivity index (χ1) is 19.9. The monoisotopic (exact) mass is 602 g/mol. The predicted molar refractivity (Wildman–Crippen MR) is 157 cm³/mol. The van der Waals surface area contributed by atoms with Crippen molar-refractivity contribution in [2.45, 2.75) is 65.5 Å². The summed E-state index contributed by atoms with van der Waals surface area (Å²) in [5, 5.41) is 12.4. The first-order valence-corrected chi connectivity index (χ1v) is 13.8. The van der Waals surface area contributed by atoms with Gasteiger partial charge in [0.05, 0.1) is 54.3 Å². The van der Waals surface area contributed by atoms with E-state index in [1.807, 2.05) is 13.0 Å². The van der Waals surface area contributed by atoms with Crippen LogP contribution in [0.1, 0.15) is 52.2 Å². The van der Waals surface area contributed by atoms with Crippen LogP contribution in [0.4, 0.5) is 35.2 Å². The number of alkyl halides is 3. The molecule has 1 aromatic carbocycles. The number of urea groups is 1. The number of benzene rings is 1. The molecule has 2 aliphatic rings. The van der Waals surface area contributed by atoms with E-state index in [9.17, 15) is 23.1 Å². The first-order valence-electron chi connectivity index (χ1n) is 13.8. The summed E-state index contributed by atoms with van der Waals surface area (Å²) in [6.07, 6.45) is 0.190. The van der Waals surface area contributed by atoms with Crippen molar-refractivity contribution in [3.63, 3.8) is 0 Å². The number of aromatic nitrogens is 3. The molecule has 232 valence electrons. The molecule has 43 heavy (non-hydrogen) atoms. The first kappa shape index (κ1) is 32.0. The molecule has 2 amide bonds. The molecular weight excluding hydrogens is 565 g/mol. The molecule has 0 saturated carbocycles. The van der Waals surface area contributed by atoms with Crippen LogP contribution in [0.5, 0.6) is 6.01 Å². The lowest BCUT2D eigenvalue weighted by Crippen LogP contribution is -2.48. The lowest BCUT2D eigenvalue weighted by Gasteiger charge is -2.36. The van der Waals surface area contributed by atoms with E-state index in [2.05, 4.69) is 20.2 Å². The zero-order valence-electron chi connectivity index (χ0n) is 23.6. The molecule has 10 nitrogen and oxygen atoms in total. The third kappa shape index (κ3) is 7.34.